The highest BCUT2D eigenvalue weighted by atomic mass is 35.5. The molecule has 9 heteroatoms. The Balaban J connectivity index is 1.48. The molecule has 1 aliphatic rings. The minimum atomic E-state index is -0.772. The number of carbonyl (C=O) groups excluding carboxylic acids is 4. The number of imide groups is 1. The molecule has 0 fully saturated rings. The second-order valence-electron chi connectivity index (χ2n) is 8.09. The normalized spacial score (nSPS) is 12.7. The number of rotatable bonds is 8. The Hall–Kier alpha value is -3.75. The van der Waals surface area contributed by atoms with Crippen molar-refractivity contribution in [2.45, 2.75) is 20.4 Å². The van der Waals surface area contributed by atoms with E-state index in [0.717, 1.165) is 16.3 Å². The van der Waals surface area contributed by atoms with E-state index in [1.54, 1.807) is 37.4 Å². The van der Waals surface area contributed by atoms with Gasteiger partial charge in [-0.2, -0.15) is 0 Å². The monoisotopic (exact) mass is 494 g/mol. The van der Waals surface area contributed by atoms with Crippen LogP contribution in [0.15, 0.2) is 48.5 Å². The maximum absolute atomic E-state index is 13.0. The van der Waals surface area contributed by atoms with Gasteiger partial charge in [0.1, 0.15) is 0 Å². The number of nitrogens with zero attached hydrogens (tertiary/aromatic N) is 2. The third-order valence-electron chi connectivity index (χ3n) is 5.94. The first-order valence-corrected chi connectivity index (χ1v) is 11.3. The molecule has 2 aromatic carbocycles. The summed E-state index contributed by atoms with van der Waals surface area (Å²) in [5.74, 6) is -2.23. The van der Waals surface area contributed by atoms with E-state index in [4.69, 9.17) is 21.1 Å². The van der Waals surface area contributed by atoms with Gasteiger partial charge in [-0.3, -0.25) is 14.4 Å². The molecule has 2 heterocycles. The van der Waals surface area contributed by atoms with Crippen molar-refractivity contribution in [3.05, 3.63) is 87.2 Å². The zero-order valence-electron chi connectivity index (χ0n) is 19.5. The van der Waals surface area contributed by atoms with Crippen molar-refractivity contribution in [1.29, 1.82) is 0 Å². The molecule has 0 aliphatic carbocycles. The van der Waals surface area contributed by atoms with Crippen LogP contribution in [0.3, 0.4) is 0 Å². The Kier molecular flexibility index (Phi) is 6.86. The van der Waals surface area contributed by atoms with Crippen LogP contribution in [0, 0.1) is 13.8 Å². The van der Waals surface area contributed by atoms with Crippen molar-refractivity contribution >= 4 is 40.9 Å². The highest BCUT2D eigenvalue weighted by Gasteiger charge is 2.38. The van der Waals surface area contributed by atoms with Gasteiger partial charge in [-0.1, -0.05) is 23.7 Å². The van der Waals surface area contributed by atoms with Gasteiger partial charge in [-0.05, 0) is 50.2 Å². The van der Waals surface area contributed by atoms with E-state index in [-0.39, 0.29) is 33.2 Å². The van der Waals surface area contributed by atoms with Gasteiger partial charge in [0.2, 0.25) is 5.78 Å². The van der Waals surface area contributed by atoms with Crippen LogP contribution in [0.5, 0.6) is 0 Å². The van der Waals surface area contributed by atoms with Crippen LogP contribution in [0.1, 0.15) is 52.8 Å². The van der Waals surface area contributed by atoms with Crippen LogP contribution in [-0.4, -0.2) is 48.5 Å². The summed E-state index contributed by atoms with van der Waals surface area (Å²) in [4.78, 5) is 52.1. The van der Waals surface area contributed by atoms with Crippen molar-refractivity contribution in [2.75, 3.05) is 25.2 Å². The number of Topliss-reactive ketones (excluding diaryl/α,β-unsaturated/α-hetero) is 1. The molecule has 0 atom stereocenters. The van der Waals surface area contributed by atoms with Gasteiger partial charge in [-0.15, -0.1) is 0 Å². The van der Waals surface area contributed by atoms with Gasteiger partial charge < -0.3 is 14.0 Å². The van der Waals surface area contributed by atoms with E-state index in [1.807, 2.05) is 18.4 Å². The molecule has 0 spiro atoms. The molecule has 0 unspecified atom stereocenters. The maximum Gasteiger partial charge on any atom is 0.338 e. The lowest BCUT2D eigenvalue weighted by Crippen LogP contribution is -2.29. The number of esters is 1. The molecule has 0 radical (unpaired) electrons. The fourth-order valence-electron chi connectivity index (χ4n) is 4.12. The van der Waals surface area contributed by atoms with E-state index >= 15 is 0 Å². The third-order valence-corrected chi connectivity index (χ3v) is 6.26. The van der Waals surface area contributed by atoms with Crippen LogP contribution in [-0.2, 0) is 16.0 Å². The van der Waals surface area contributed by atoms with Crippen molar-refractivity contribution in [3.63, 3.8) is 0 Å². The van der Waals surface area contributed by atoms with E-state index in [0.29, 0.717) is 18.7 Å². The summed E-state index contributed by atoms with van der Waals surface area (Å²) in [5.41, 5.74) is 2.68. The molecule has 3 aromatic rings. The molecule has 4 rings (SSSR count). The molecule has 35 heavy (non-hydrogen) atoms. The number of hydrogen-bond acceptors (Lipinski definition) is 6. The number of ether oxygens (including phenoxy) is 2. The Bertz CT molecular complexity index is 1360. The SMILES string of the molecule is COCCn1c(C)cc(C(=O)COC(=O)c2ccc3c(c2)C(=O)N(c2ccccc2Cl)C3=O)c1C. The summed E-state index contributed by atoms with van der Waals surface area (Å²) in [5, 5.41) is 0.252. The van der Waals surface area contributed by atoms with Crippen LogP contribution in [0.2, 0.25) is 5.02 Å². The van der Waals surface area contributed by atoms with Crippen molar-refractivity contribution in [1.82, 2.24) is 4.57 Å². The van der Waals surface area contributed by atoms with Crippen molar-refractivity contribution < 1.29 is 28.7 Å². The van der Waals surface area contributed by atoms with E-state index in [9.17, 15) is 19.2 Å². The molecule has 0 bridgehead atoms. The van der Waals surface area contributed by atoms with Gasteiger partial charge in [0.25, 0.3) is 11.8 Å². The molecule has 1 aliphatic heterocycles. The summed E-state index contributed by atoms with van der Waals surface area (Å²) in [6.45, 7) is 4.37. The van der Waals surface area contributed by atoms with E-state index in [1.165, 1.54) is 18.2 Å². The van der Waals surface area contributed by atoms with Crippen LogP contribution in [0.4, 0.5) is 5.69 Å². The zero-order chi connectivity index (χ0) is 25.3. The largest absolute Gasteiger partial charge is 0.454 e. The second kappa shape index (κ2) is 9.85. The molecule has 0 saturated carbocycles. The number of fused-ring (bicyclic) bond motifs is 1. The molecule has 2 amide bonds. The number of aryl methyl sites for hydroxylation is 1. The number of para-hydroxylation sites is 1. The van der Waals surface area contributed by atoms with Gasteiger partial charge in [0.05, 0.1) is 34.0 Å². The highest BCUT2D eigenvalue weighted by Crippen LogP contribution is 2.33. The molecule has 1 aromatic heterocycles. The quantitative estimate of drug-likeness (QED) is 0.264. The maximum atomic E-state index is 13.0. The van der Waals surface area contributed by atoms with Gasteiger partial charge >= 0.3 is 5.97 Å². The van der Waals surface area contributed by atoms with Crippen LogP contribution < -0.4 is 4.90 Å². The lowest BCUT2D eigenvalue weighted by atomic mass is 10.1. The van der Waals surface area contributed by atoms with Crippen LogP contribution >= 0.6 is 11.6 Å². The molecular formula is C26H23ClN2O6. The third kappa shape index (κ3) is 4.50. The number of methoxy groups -OCH3 is 1. The molecule has 0 saturated heterocycles. The number of aromatic nitrogens is 1. The Morgan fingerprint density at radius 2 is 1.69 bits per heavy atom. The lowest BCUT2D eigenvalue weighted by molar-refractivity contribution is 0.0474. The summed E-state index contributed by atoms with van der Waals surface area (Å²) >= 11 is 6.17. The van der Waals surface area contributed by atoms with Crippen LogP contribution in [0.25, 0.3) is 0 Å². The highest BCUT2D eigenvalue weighted by molar-refractivity contribution is 6.39. The summed E-state index contributed by atoms with van der Waals surface area (Å²) < 4.78 is 12.3. The summed E-state index contributed by atoms with van der Waals surface area (Å²) in [6, 6.07) is 12.3. The first kappa shape index (κ1) is 24.4. The molecule has 180 valence electrons. The zero-order valence-corrected chi connectivity index (χ0v) is 20.2. The Labute approximate surface area is 207 Å². The van der Waals surface area contributed by atoms with Gasteiger partial charge in [-0.25, -0.2) is 9.69 Å². The smallest absolute Gasteiger partial charge is 0.338 e. The first-order chi connectivity index (χ1) is 16.7. The molecule has 0 N–H and O–H groups in total. The lowest BCUT2D eigenvalue weighted by Gasteiger charge is -2.15. The molecule has 8 nitrogen and oxygen atoms in total. The number of ketones is 1. The Morgan fingerprint density at radius 1 is 0.971 bits per heavy atom. The average Bonchev–Trinajstić information content (AvgIpc) is 3.27. The molecular weight excluding hydrogens is 472 g/mol. The fourth-order valence-corrected chi connectivity index (χ4v) is 4.34. The predicted octanol–water partition coefficient (Wildman–Crippen LogP) is 4.25. The predicted molar refractivity (Wildman–Crippen MR) is 129 cm³/mol. The fraction of sp³-hybridized carbons (Fsp3) is 0.231. The number of hydrogen-bond donors (Lipinski definition) is 0. The number of amides is 2. The summed E-state index contributed by atoms with van der Waals surface area (Å²) in [7, 11) is 1.61. The Morgan fingerprint density at radius 3 is 2.40 bits per heavy atom. The minimum absolute atomic E-state index is 0.0595. The van der Waals surface area contributed by atoms with Crippen molar-refractivity contribution in [3.8, 4) is 0 Å². The number of carbonyl (C=O) groups is 4. The van der Waals surface area contributed by atoms with E-state index in [2.05, 4.69) is 0 Å². The van der Waals surface area contributed by atoms with E-state index < -0.39 is 24.4 Å². The van der Waals surface area contributed by atoms with Gasteiger partial charge in [0, 0.05) is 30.6 Å². The average molecular weight is 495 g/mol. The van der Waals surface area contributed by atoms with Gasteiger partial charge in [0.15, 0.2) is 6.61 Å². The van der Waals surface area contributed by atoms with Crippen molar-refractivity contribution in [2.24, 2.45) is 0 Å². The number of benzene rings is 2. The standard InChI is InChI=1S/C26H23ClN2O6/c1-15-12-19(16(2)28(15)10-11-34-3)23(30)14-35-26(33)17-8-9-18-20(13-17)25(32)29(24(18)31)22-7-5-4-6-21(22)27/h4-9,12-13H,10-11,14H2,1-3H3. The minimum Gasteiger partial charge on any atom is -0.454 e. The topological polar surface area (TPSA) is 94.9 Å². The number of anilines is 1. The second-order valence-corrected chi connectivity index (χ2v) is 8.49. The first-order valence-electron chi connectivity index (χ1n) is 10.9. The number of halogens is 1. The summed E-state index contributed by atoms with van der Waals surface area (Å²) in [6.07, 6.45) is 0.